The van der Waals surface area contributed by atoms with Crippen LogP contribution < -0.4 is 4.74 Å². The van der Waals surface area contributed by atoms with Crippen molar-refractivity contribution in [3.8, 4) is 18.1 Å². The number of para-hydroxylation sites is 1. The third-order valence-electron chi connectivity index (χ3n) is 2.75. The van der Waals surface area contributed by atoms with Crippen molar-refractivity contribution in [2.45, 2.75) is 18.9 Å². The molecule has 1 fully saturated rings. The van der Waals surface area contributed by atoms with Crippen molar-refractivity contribution in [3.63, 3.8) is 0 Å². The molecule has 0 aromatic heterocycles. The summed E-state index contributed by atoms with van der Waals surface area (Å²) in [4.78, 5) is 2.32. The first-order valence-electron chi connectivity index (χ1n) is 5.75. The summed E-state index contributed by atoms with van der Waals surface area (Å²) in [6, 6.07) is 10.6. The summed E-state index contributed by atoms with van der Waals surface area (Å²) < 4.78 is 5.65. The lowest BCUT2D eigenvalue weighted by atomic mass is 10.3. The quantitative estimate of drug-likeness (QED) is 0.674. The molecule has 0 bridgehead atoms. The Morgan fingerprint density at radius 1 is 1.31 bits per heavy atom. The van der Waals surface area contributed by atoms with Gasteiger partial charge in [0, 0.05) is 12.6 Å². The van der Waals surface area contributed by atoms with E-state index in [2.05, 4.69) is 10.8 Å². The van der Waals surface area contributed by atoms with E-state index in [9.17, 15) is 0 Å². The van der Waals surface area contributed by atoms with Crippen LogP contribution in [0.2, 0.25) is 0 Å². The second-order valence-electron chi connectivity index (χ2n) is 4.07. The van der Waals surface area contributed by atoms with E-state index in [0.717, 1.165) is 18.8 Å². The number of ether oxygens (including phenoxy) is 1. The first-order chi connectivity index (χ1) is 7.90. The summed E-state index contributed by atoms with van der Waals surface area (Å²) in [5.41, 5.74) is 0. The zero-order valence-corrected chi connectivity index (χ0v) is 9.43. The van der Waals surface area contributed by atoms with Crippen LogP contribution in [0.1, 0.15) is 12.8 Å². The summed E-state index contributed by atoms with van der Waals surface area (Å²) in [5.74, 6) is 3.64. The molecule has 2 heteroatoms. The van der Waals surface area contributed by atoms with E-state index >= 15 is 0 Å². The maximum absolute atomic E-state index is 5.65. The van der Waals surface area contributed by atoms with Gasteiger partial charge in [-0.25, -0.2) is 0 Å². The van der Waals surface area contributed by atoms with Gasteiger partial charge in [0.15, 0.2) is 0 Å². The minimum atomic E-state index is 0.704. The van der Waals surface area contributed by atoms with Crippen LogP contribution >= 0.6 is 0 Å². The van der Waals surface area contributed by atoms with Crippen molar-refractivity contribution in [1.82, 2.24) is 4.90 Å². The van der Waals surface area contributed by atoms with E-state index < -0.39 is 0 Å². The maximum atomic E-state index is 5.65. The van der Waals surface area contributed by atoms with Gasteiger partial charge < -0.3 is 4.74 Å². The molecule has 1 aromatic carbocycles. The predicted octanol–water partition coefficient (Wildman–Crippen LogP) is 2.16. The molecule has 0 aliphatic heterocycles. The van der Waals surface area contributed by atoms with Gasteiger partial charge in [-0.3, -0.25) is 4.90 Å². The Kier molecular flexibility index (Phi) is 3.85. The first kappa shape index (κ1) is 11.0. The lowest BCUT2D eigenvalue weighted by molar-refractivity contribution is 0.218. The Balaban J connectivity index is 1.72. The highest BCUT2D eigenvalue weighted by molar-refractivity contribution is 5.20. The second-order valence-corrected chi connectivity index (χ2v) is 4.07. The largest absolute Gasteiger partial charge is 0.492 e. The van der Waals surface area contributed by atoms with Gasteiger partial charge in [-0.1, -0.05) is 24.1 Å². The van der Waals surface area contributed by atoms with Gasteiger partial charge in [0.2, 0.25) is 0 Å². The summed E-state index contributed by atoms with van der Waals surface area (Å²) in [6.45, 7) is 2.37. The Morgan fingerprint density at radius 2 is 2.06 bits per heavy atom. The van der Waals surface area contributed by atoms with E-state index in [1.54, 1.807) is 0 Å². The third-order valence-corrected chi connectivity index (χ3v) is 2.75. The summed E-state index contributed by atoms with van der Waals surface area (Å²) in [6.07, 6.45) is 7.91. The average molecular weight is 215 g/mol. The van der Waals surface area contributed by atoms with Crippen LogP contribution in [-0.4, -0.2) is 30.6 Å². The van der Waals surface area contributed by atoms with E-state index in [1.807, 2.05) is 30.3 Å². The number of hydrogen-bond donors (Lipinski definition) is 0. The van der Waals surface area contributed by atoms with Gasteiger partial charge in [0.25, 0.3) is 0 Å². The lowest BCUT2D eigenvalue weighted by Gasteiger charge is -2.19. The Labute approximate surface area is 97.2 Å². The molecule has 0 unspecified atom stereocenters. The van der Waals surface area contributed by atoms with Gasteiger partial charge in [-0.2, -0.15) is 0 Å². The fourth-order valence-corrected chi connectivity index (χ4v) is 1.75. The molecule has 0 radical (unpaired) electrons. The van der Waals surface area contributed by atoms with Crippen LogP contribution in [0.15, 0.2) is 30.3 Å². The predicted molar refractivity (Wildman–Crippen MR) is 65.4 cm³/mol. The Morgan fingerprint density at radius 3 is 2.69 bits per heavy atom. The zero-order valence-electron chi connectivity index (χ0n) is 9.43. The molecule has 0 N–H and O–H groups in total. The zero-order chi connectivity index (χ0) is 11.2. The monoisotopic (exact) mass is 215 g/mol. The molecular weight excluding hydrogens is 198 g/mol. The summed E-state index contributed by atoms with van der Waals surface area (Å²) >= 11 is 0. The molecule has 2 rings (SSSR count). The number of rotatable bonds is 6. The van der Waals surface area contributed by atoms with E-state index in [-0.39, 0.29) is 0 Å². The SMILES string of the molecule is C#CCN(CCOc1ccccc1)C1CC1. The van der Waals surface area contributed by atoms with Crippen molar-refractivity contribution in [3.05, 3.63) is 30.3 Å². The van der Waals surface area contributed by atoms with Crippen LogP contribution in [0.3, 0.4) is 0 Å². The van der Waals surface area contributed by atoms with Gasteiger partial charge in [0.05, 0.1) is 6.54 Å². The number of terminal acetylenes is 1. The van der Waals surface area contributed by atoms with E-state index in [1.165, 1.54) is 12.8 Å². The minimum Gasteiger partial charge on any atom is -0.492 e. The fraction of sp³-hybridized carbons (Fsp3) is 0.429. The minimum absolute atomic E-state index is 0.704. The normalized spacial score (nSPS) is 14.8. The molecule has 1 aromatic rings. The van der Waals surface area contributed by atoms with E-state index in [4.69, 9.17) is 11.2 Å². The number of hydrogen-bond acceptors (Lipinski definition) is 2. The van der Waals surface area contributed by atoms with Crippen molar-refractivity contribution in [2.24, 2.45) is 0 Å². The summed E-state index contributed by atoms with van der Waals surface area (Å²) in [5, 5.41) is 0. The molecule has 84 valence electrons. The second kappa shape index (κ2) is 5.58. The van der Waals surface area contributed by atoms with Gasteiger partial charge in [0.1, 0.15) is 12.4 Å². The van der Waals surface area contributed by atoms with Crippen LogP contribution in [-0.2, 0) is 0 Å². The third kappa shape index (κ3) is 3.29. The van der Waals surface area contributed by atoms with Crippen LogP contribution in [0.4, 0.5) is 0 Å². The van der Waals surface area contributed by atoms with Crippen molar-refractivity contribution in [1.29, 1.82) is 0 Å². The number of benzene rings is 1. The molecule has 1 saturated carbocycles. The number of nitrogens with zero attached hydrogens (tertiary/aromatic N) is 1. The van der Waals surface area contributed by atoms with Crippen LogP contribution in [0.25, 0.3) is 0 Å². The maximum Gasteiger partial charge on any atom is 0.119 e. The lowest BCUT2D eigenvalue weighted by Crippen LogP contribution is -2.30. The molecule has 0 atom stereocenters. The standard InChI is InChI=1S/C14H17NO/c1-2-10-15(13-8-9-13)11-12-16-14-6-4-3-5-7-14/h1,3-7,13H,8-12H2. The van der Waals surface area contributed by atoms with E-state index in [0.29, 0.717) is 12.6 Å². The van der Waals surface area contributed by atoms with Crippen LogP contribution in [0, 0.1) is 12.3 Å². The fourth-order valence-electron chi connectivity index (χ4n) is 1.75. The summed E-state index contributed by atoms with van der Waals surface area (Å²) in [7, 11) is 0. The molecular formula is C14H17NO. The van der Waals surface area contributed by atoms with Gasteiger partial charge >= 0.3 is 0 Å². The van der Waals surface area contributed by atoms with Crippen molar-refractivity contribution < 1.29 is 4.74 Å². The molecule has 0 saturated heterocycles. The highest BCUT2D eigenvalue weighted by atomic mass is 16.5. The molecule has 0 heterocycles. The molecule has 16 heavy (non-hydrogen) atoms. The van der Waals surface area contributed by atoms with Gasteiger partial charge in [-0.15, -0.1) is 6.42 Å². The smallest absolute Gasteiger partial charge is 0.119 e. The highest BCUT2D eigenvalue weighted by Gasteiger charge is 2.27. The topological polar surface area (TPSA) is 12.5 Å². The van der Waals surface area contributed by atoms with Crippen molar-refractivity contribution in [2.75, 3.05) is 19.7 Å². The first-order valence-corrected chi connectivity index (χ1v) is 5.75. The Hall–Kier alpha value is -1.46. The average Bonchev–Trinajstić information content (AvgIpc) is 3.13. The molecule has 0 spiro atoms. The van der Waals surface area contributed by atoms with Crippen LogP contribution in [0.5, 0.6) is 5.75 Å². The highest BCUT2D eigenvalue weighted by Crippen LogP contribution is 2.26. The Bertz CT molecular complexity index is 351. The molecule has 1 aliphatic rings. The molecule has 1 aliphatic carbocycles. The molecule has 2 nitrogen and oxygen atoms in total. The van der Waals surface area contributed by atoms with Crippen molar-refractivity contribution >= 4 is 0 Å². The van der Waals surface area contributed by atoms with Gasteiger partial charge in [-0.05, 0) is 25.0 Å². The molecule has 0 amide bonds.